The number of rotatable bonds is 2. The van der Waals surface area contributed by atoms with Gasteiger partial charge in [-0.3, -0.25) is 0 Å². The number of halogens is 3. The number of para-hydroxylation sites is 1. The predicted octanol–water partition coefficient (Wildman–Crippen LogP) is 4.93. The van der Waals surface area contributed by atoms with E-state index in [0.717, 1.165) is 17.7 Å². The minimum atomic E-state index is -4.42. The molecule has 0 saturated carbocycles. The topological polar surface area (TPSA) is 50.2 Å². The maximum absolute atomic E-state index is 12.7. The molecule has 24 heavy (non-hydrogen) atoms. The molecule has 1 N–H and O–H groups in total. The third-order valence-electron chi connectivity index (χ3n) is 3.78. The van der Waals surface area contributed by atoms with Crippen LogP contribution in [0.5, 0.6) is 0 Å². The van der Waals surface area contributed by atoms with Gasteiger partial charge in [0, 0.05) is 10.9 Å². The Kier molecular flexibility index (Phi) is 3.75. The summed E-state index contributed by atoms with van der Waals surface area (Å²) in [6, 6.07) is 11.1. The Bertz CT molecular complexity index is 931. The summed E-state index contributed by atoms with van der Waals surface area (Å²) in [5.74, 6) is -1.11. The number of alkyl halides is 3. The monoisotopic (exact) mass is 331 g/mol. The number of carboxylic acids is 1. The second-order valence-electron chi connectivity index (χ2n) is 5.41. The third kappa shape index (κ3) is 2.82. The predicted molar refractivity (Wildman–Crippen MR) is 83.9 cm³/mol. The normalized spacial score (nSPS) is 11.7. The van der Waals surface area contributed by atoms with Gasteiger partial charge in [0.2, 0.25) is 0 Å². The number of nitrogens with zero attached hydrogens (tertiary/aromatic N) is 1. The van der Waals surface area contributed by atoms with Crippen molar-refractivity contribution in [3.8, 4) is 11.3 Å². The first-order valence-electron chi connectivity index (χ1n) is 7.08. The molecule has 0 aliphatic carbocycles. The highest BCUT2D eigenvalue weighted by atomic mass is 19.4. The largest absolute Gasteiger partial charge is 0.478 e. The fraction of sp³-hybridized carbons (Fsp3) is 0.111. The highest BCUT2D eigenvalue weighted by molar-refractivity contribution is 6.04. The number of carbonyl (C=O) groups is 1. The Labute approximate surface area is 135 Å². The average Bonchev–Trinajstić information content (AvgIpc) is 2.53. The fourth-order valence-electron chi connectivity index (χ4n) is 2.55. The number of aromatic carboxylic acids is 1. The van der Waals surface area contributed by atoms with Gasteiger partial charge < -0.3 is 5.11 Å². The summed E-state index contributed by atoms with van der Waals surface area (Å²) in [5.41, 5.74) is 1.37. The van der Waals surface area contributed by atoms with E-state index in [1.165, 1.54) is 18.2 Å². The van der Waals surface area contributed by atoms with Crippen molar-refractivity contribution in [3.63, 3.8) is 0 Å². The molecule has 0 amide bonds. The molecule has 0 aliphatic rings. The molecule has 3 rings (SSSR count). The quantitative estimate of drug-likeness (QED) is 0.724. The number of carboxylic acid groups (broad SMARTS) is 1. The van der Waals surface area contributed by atoms with Crippen LogP contribution < -0.4 is 0 Å². The maximum atomic E-state index is 12.7. The van der Waals surface area contributed by atoms with E-state index in [4.69, 9.17) is 0 Å². The van der Waals surface area contributed by atoms with Gasteiger partial charge >= 0.3 is 12.1 Å². The molecule has 0 spiro atoms. The lowest BCUT2D eigenvalue weighted by Crippen LogP contribution is -2.04. The van der Waals surface area contributed by atoms with Gasteiger partial charge in [0.25, 0.3) is 0 Å². The molecule has 122 valence electrons. The zero-order chi connectivity index (χ0) is 17.5. The summed E-state index contributed by atoms with van der Waals surface area (Å²) >= 11 is 0. The molecule has 0 aliphatic heterocycles. The zero-order valence-corrected chi connectivity index (χ0v) is 12.6. The van der Waals surface area contributed by atoms with Gasteiger partial charge in [-0.05, 0) is 30.7 Å². The van der Waals surface area contributed by atoms with E-state index in [1.807, 2.05) is 0 Å². The number of aromatic nitrogens is 1. The molecule has 1 heterocycles. The number of aryl methyl sites for hydroxylation is 1. The minimum Gasteiger partial charge on any atom is -0.478 e. The molecule has 3 nitrogen and oxygen atoms in total. The minimum absolute atomic E-state index is 0.0681. The van der Waals surface area contributed by atoms with Crippen LogP contribution in [0.4, 0.5) is 13.2 Å². The van der Waals surface area contributed by atoms with Crippen molar-refractivity contribution in [3.05, 3.63) is 65.2 Å². The van der Waals surface area contributed by atoms with E-state index in [0.29, 0.717) is 22.2 Å². The van der Waals surface area contributed by atoms with E-state index >= 15 is 0 Å². The van der Waals surface area contributed by atoms with Crippen molar-refractivity contribution in [1.82, 2.24) is 4.98 Å². The van der Waals surface area contributed by atoms with Crippen LogP contribution in [-0.2, 0) is 6.18 Å². The van der Waals surface area contributed by atoms with E-state index in [1.54, 1.807) is 25.1 Å². The van der Waals surface area contributed by atoms with Crippen LogP contribution in [-0.4, -0.2) is 16.1 Å². The molecule has 0 atom stereocenters. The molecule has 6 heteroatoms. The standard InChI is InChI=1S/C18H12F3NO2/c1-10-3-2-4-13-14(17(23)24)9-15(22-16(10)13)11-5-7-12(8-6-11)18(19,20)21/h2-9H,1H3,(H,23,24). The van der Waals surface area contributed by atoms with Crippen LogP contribution in [0.25, 0.3) is 22.2 Å². The van der Waals surface area contributed by atoms with Crippen molar-refractivity contribution in [2.75, 3.05) is 0 Å². The van der Waals surface area contributed by atoms with E-state index in [2.05, 4.69) is 4.98 Å². The van der Waals surface area contributed by atoms with Gasteiger partial charge in [0.1, 0.15) is 0 Å². The van der Waals surface area contributed by atoms with Crippen molar-refractivity contribution >= 4 is 16.9 Å². The Hall–Kier alpha value is -2.89. The Balaban J connectivity index is 2.20. The molecule has 0 unspecified atom stereocenters. The SMILES string of the molecule is Cc1cccc2c(C(=O)O)cc(-c3ccc(C(F)(F)F)cc3)nc12. The lowest BCUT2D eigenvalue weighted by Gasteiger charge is -2.10. The van der Waals surface area contributed by atoms with Crippen molar-refractivity contribution in [2.45, 2.75) is 13.1 Å². The Morgan fingerprint density at radius 2 is 1.75 bits per heavy atom. The summed E-state index contributed by atoms with van der Waals surface area (Å²) in [7, 11) is 0. The first-order chi connectivity index (χ1) is 11.3. The van der Waals surface area contributed by atoms with Crippen LogP contribution in [0.3, 0.4) is 0 Å². The second-order valence-corrected chi connectivity index (χ2v) is 5.41. The molecule has 3 aromatic rings. The number of fused-ring (bicyclic) bond motifs is 1. The molecule has 1 aromatic heterocycles. The fourth-order valence-corrected chi connectivity index (χ4v) is 2.55. The van der Waals surface area contributed by atoms with Crippen LogP contribution in [0.15, 0.2) is 48.5 Å². The van der Waals surface area contributed by atoms with Gasteiger partial charge in [-0.25, -0.2) is 9.78 Å². The Morgan fingerprint density at radius 1 is 1.08 bits per heavy atom. The van der Waals surface area contributed by atoms with E-state index < -0.39 is 17.7 Å². The van der Waals surface area contributed by atoms with Crippen molar-refractivity contribution in [2.24, 2.45) is 0 Å². The highest BCUT2D eigenvalue weighted by Crippen LogP contribution is 2.32. The highest BCUT2D eigenvalue weighted by Gasteiger charge is 2.30. The van der Waals surface area contributed by atoms with E-state index in [9.17, 15) is 23.1 Å². The summed E-state index contributed by atoms with van der Waals surface area (Å²) in [6.07, 6.45) is -4.42. The zero-order valence-electron chi connectivity index (χ0n) is 12.6. The first-order valence-corrected chi connectivity index (χ1v) is 7.08. The Morgan fingerprint density at radius 3 is 2.33 bits per heavy atom. The molecule has 0 saturated heterocycles. The van der Waals surface area contributed by atoms with Gasteiger partial charge in [-0.15, -0.1) is 0 Å². The van der Waals surface area contributed by atoms with Gasteiger partial charge in [-0.2, -0.15) is 13.2 Å². The molecule has 0 bridgehead atoms. The lowest BCUT2D eigenvalue weighted by molar-refractivity contribution is -0.137. The maximum Gasteiger partial charge on any atom is 0.416 e. The van der Waals surface area contributed by atoms with Gasteiger partial charge in [-0.1, -0.05) is 30.3 Å². The molecular weight excluding hydrogens is 319 g/mol. The van der Waals surface area contributed by atoms with Crippen LogP contribution in [0.2, 0.25) is 0 Å². The summed E-state index contributed by atoms with van der Waals surface area (Å²) in [4.78, 5) is 16.0. The van der Waals surface area contributed by atoms with E-state index in [-0.39, 0.29) is 5.56 Å². The number of hydrogen-bond donors (Lipinski definition) is 1. The number of pyridine rings is 1. The first kappa shape index (κ1) is 16.0. The summed E-state index contributed by atoms with van der Waals surface area (Å²) < 4.78 is 38.0. The van der Waals surface area contributed by atoms with Crippen LogP contribution >= 0.6 is 0 Å². The average molecular weight is 331 g/mol. The van der Waals surface area contributed by atoms with Gasteiger partial charge in [0.15, 0.2) is 0 Å². The molecular formula is C18H12F3NO2. The van der Waals surface area contributed by atoms with Crippen molar-refractivity contribution < 1.29 is 23.1 Å². The second kappa shape index (κ2) is 5.63. The summed E-state index contributed by atoms with van der Waals surface area (Å²) in [6.45, 7) is 1.80. The third-order valence-corrected chi connectivity index (χ3v) is 3.78. The number of benzene rings is 2. The lowest BCUT2D eigenvalue weighted by atomic mass is 10.0. The van der Waals surface area contributed by atoms with Crippen molar-refractivity contribution in [1.29, 1.82) is 0 Å². The molecule has 0 fully saturated rings. The summed E-state index contributed by atoms with van der Waals surface area (Å²) in [5, 5.41) is 9.92. The van der Waals surface area contributed by atoms with Gasteiger partial charge in [0.05, 0.1) is 22.3 Å². The molecule has 0 radical (unpaired) electrons. The smallest absolute Gasteiger partial charge is 0.416 e. The van der Waals surface area contributed by atoms with Crippen LogP contribution in [0, 0.1) is 6.92 Å². The van der Waals surface area contributed by atoms with Crippen LogP contribution in [0.1, 0.15) is 21.5 Å². The molecule has 2 aromatic carbocycles. The number of hydrogen-bond acceptors (Lipinski definition) is 2.